The monoisotopic (exact) mass is 458 g/mol. The first-order chi connectivity index (χ1) is 15.3. The summed E-state index contributed by atoms with van der Waals surface area (Å²) in [6, 6.07) is 0. The lowest BCUT2D eigenvalue weighted by Crippen LogP contribution is -2.63. The molecule has 0 aromatic carbocycles. The molecule has 0 aliphatic heterocycles. The van der Waals surface area contributed by atoms with Crippen molar-refractivity contribution in [2.24, 2.45) is 34.5 Å². The molecule has 7 nitrogen and oxygen atoms in total. The molecule has 180 valence electrons. The largest absolute Gasteiger partial charge is 0.462 e. The van der Waals surface area contributed by atoms with E-state index < -0.39 is 46.9 Å². The summed E-state index contributed by atoms with van der Waals surface area (Å²) < 4.78 is 10.9. The van der Waals surface area contributed by atoms with Crippen LogP contribution in [0.25, 0.3) is 0 Å². The Bertz CT molecular complexity index is 964. The van der Waals surface area contributed by atoms with Crippen molar-refractivity contribution < 1.29 is 33.8 Å². The topological polar surface area (TPSA) is 107 Å². The van der Waals surface area contributed by atoms with Gasteiger partial charge in [-0.05, 0) is 55.6 Å². The minimum atomic E-state index is -1.69. The van der Waals surface area contributed by atoms with Gasteiger partial charge in [0.15, 0.2) is 12.4 Å². The summed E-state index contributed by atoms with van der Waals surface area (Å²) in [7, 11) is 0. The maximum atomic E-state index is 13.3. The summed E-state index contributed by atoms with van der Waals surface area (Å²) in [5.74, 6) is -1.75. The highest BCUT2D eigenvalue weighted by Crippen LogP contribution is 2.68. The van der Waals surface area contributed by atoms with Crippen LogP contribution in [-0.2, 0) is 28.7 Å². The first-order valence-corrected chi connectivity index (χ1v) is 11.8. The molecular formula is C26H34O7. The van der Waals surface area contributed by atoms with Gasteiger partial charge in [0.05, 0.1) is 0 Å². The third-order valence-corrected chi connectivity index (χ3v) is 9.20. The summed E-state index contributed by atoms with van der Waals surface area (Å²) in [6.07, 6.45) is 7.29. The molecule has 0 aromatic rings. The lowest BCUT2D eigenvalue weighted by Gasteiger charge is -2.60. The average molecular weight is 459 g/mol. The Kier molecular flexibility index (Phi) is 5.71. The summed E-state index contributed by atoms with van der Waals surface area (Å²) >= 11 is 0. The van der Waals surface area contributed by atoms with E-state index in [0.29, 0.717) is 12.8 Å². The van der Waals surface area contributed by atoms with E-state index in [2.05, 4.69) is 6.92 Å². The molecule has 4 aliphatic rings. The number of aliphatic hydroxyl groups is 1. The molecule has 0 unspecified atom stereocenters. The molecule has 0 aromatic heterocycles. The molecule has 0 saturated heterocycles. The molecule has 7 heteroatoms. The smallest absolute Gasteiger partial charge is 0.303 e. The fourth-order valence-electron chi connectivity index (χ4n) is 7.82. The van der Waals surface area contributed by atoms with E-state index in [1.807, 2.05) is 19.9 Å². The van der Waals surface area contributed by atoms with E-state index in [1.54, 1.807) is 12.2 Å². The minimum absolute atomic E-state index is 0.0226. The van der Waals surface area contributed by atoms with Crippen LogP contribution in [0, 0.1) is 34.5 Å². The summed E-state index contributed by atoms with van der Waals surface area (Å²) in [4.78, 5) is 48.8. The van der Waals surface area contributed by atoms with E-state index in [-0.39, 0.29) is 29.5 Å². The van der Waals surface area contributed by atoms with E-state index in [1.165, 1.54) is 13.8 Å². The van der Waals surface area contributed by atoms with Gasteiger partial charge in [-0.25, -0.2) is 0 Å². The molecule has 33 heavy (non-hydrogen) atoms. The van der Waals surface area contributed by atoms with Gasteiger partial charge >= 0.3 is 11.9 Å². The van der Waals surface area contributed by atoms with Crippen molar-refractivity contribution >= 4 is 23.5 Å². The molecule has 3 saturated carbocycles. The second-order valence-corrected chi connectivity index (χ2v) is 10.9. The van der Waals surface area contributed by atoms with Gasteiger partial charge in [-0.2, -0.15) is 0 Å². The number of ketones is 2. The molecule has 3 fully saturated rings. The number of allylic oxidation sites excluding steroid dienone is 4. The zero-order chi connectivity index (χ0) is 24.3. The van der Waals surface area contributed by atoms with Crippen molar-refractivity contribution in [3.63, 3.8) is 0 Å². The fourth-order valence-corrected chi connectivity index (χ4v) is 7.82. The van der Waals surface area contributed by atoms with E-state index in [0.717, 1.165) is 18.4 Å². The van der Waals surface area contributed by atoms with Crippen LogP contribution in [0.4, 0.5) is 0 Å². The van der Waals surface area contributed by atoms with Gasteiger partial charge in [-0.3, -0.25) is 19.2 Å². The van der Waals surface area contributed by atoms with Crippen molar-refractivity contribution in [3.8, 4) is 0 Å². The van der Waals surface area contributed by atoms with Crippen LogP contribution in [0.5, 0.6) is 0 Å². The fraction of sp³-hybridized carbons (Fsp3) is 0.692. The lowest BCUT2D eigenvalue weighted by atomic mass is 9.46. The van der Waals surface area contributed by atoms with Gasteiger partial charge in [0.1, 0.15) is 11.7 Å². The molecule has 0 heterocycles. The molecule has 0 radical (unpaired) electrons. The number of Topliss-reactive ketones (excluding diaryl/α,β-unsaturated/α-hetero) is 1. The normalized spacial score (nSPS) is 43.6. The Labute approximate surface area is 194 Å². The van der Waals surface area contributed by atoms with Gasteiger partial charge in [0.2, 0.25) is 5.78 Å². The first-order valence-electron chi connectivity index (χ1n) is 11.8. The lowest BCUT2D eigenvalue weighted by molar-refractivity contribution is -0.195. The van der Waals surface area contributed by atoms with Crippen LogP contribution in [0.2, 0.25) is 0 Å². The second kappa shape index (κ2) is 7.90. The van der Waals surface area contributed by atoms with Gasteiger partial charge in [-0.15, -0.1) is 0 Å². The molecular weight excluding hydrogens is 424 g/mol. The summed E-state index contributed by atoms with van der Waals surface area (Å²) in [6.45, 7) is 8.04. The van der Waals surface area contributed by atoms with Crippen LogP contribution in [-0.4, -0.2) is 46.9 Å². The second-order valence-electron chi connectivity index (χ2n) is 10.9. The highest BCUT2D eigenvalue weighted by molar-refractivity contribution is 6.01. The van der Waals surface area contributed by atoms with Crippen molar-refractivity contribution in [1.29, 1.82) is 0 Å². The maximum absolute atomic E-state index is 13.3. The van der Waals surface area contributed by atoms with E-state index in [4.69, 9.17) is 9.47 Å². The van der Waals surface area contributed by atoms with Crippen LogP contribution in [0.3, 0.4) is 0 Å². The van der Waals surface area contributed by atoms with Gasteiger partial charge in [-0.1, -0.05) is 32.4 Å². The van der Waals surface area contributed by atoms with Gasteiger partial charge in [0, 0.05) is 30.6 Å². The first kappa shape index (κ1) is 23.9. The quantitative estimate of drug-likeness (QED) is 0.646. The average Bonchev–Trinajstić information content (AvgIpc) is 2.93. The standard InChI is InChI=1S/C26H34O7/c1-14-10-20-19-7-6-17-11-18(29)8-9-24(17,4)23(19)21(33-16(3)28)12-25(20,5)26(14,31)22(30)13-32-15(2)27/h8-9,11,14,19-21,23,31H,6-7,10,12-13H2,1-5H3/t14-,19+,20-,21+,23-,24+,25+,26+/m1/s1. The Balaban J connectivity index is 1.77. The minimum Gasteiger partial charge on any atom is -0.462 e. The summed E-state index contributed by atoms with van der Waals surface area (Å²) in [5.41, 5.74) is -1.89. The van der Waals surface area contributed by atoms with Crippen molar-refractivity contribution in [2.45, 2.75) is 72.0 Å². The molecule has 1 N–H and O–H groups in total. The van der Waals surface area contributed by atoms with Crippen LogP contribution >= 0.6 is 0 Å². The Morgan fingerprint density at radius 1 is 1.18 bits per heavy atom. The molecule has 0 bridgehead atoms. The molecule has 0 spiro atoms. The third kappa shape index (κ3) is 3.42. The van der Waals surface area contributed by atoms with Crippen LogP contribution in [0.1, 0.15) is 60.3 Å². The number of rotatable bonds is 4. The van der Waals surface area contributed by atoms with Crippen molar-refractivity contribution in [1.82, 2.24) is 0 Å². The number of carbonyl (C=O) groups excluding carboxylic acids is 4. The van der Waals surface area contributed by atoms with Crippen molar-refractivity contribution in [2.75, 3.05) is 6.61 Å². The van der Waals surface area contributed by atoms with Crippen LogP contribution < -0.4 is 0 Å². The predicted molar refractivity (Wildman–Crippen MR) is 119 cm³/mol. The number of carbonyl (C=O) groups is 4. The number of hydrogen-bond donors (Lipinski definition) is 1. The zero-order valence-corrected chi connectivity index (χ0v) is 20.1. The number of fused-ring (bicyclic) bond motifs is 5. The number of esters is 2. The predicted octanol–water partition coefficient (Wildman–Crippen LogP) is 2.95. The van der Waals surface area contributed by atoms with Crippen molar-refractivity contribution in [3.05, 3.63) is 23.8 Å². The maximum Gasteiger partial charge on any atom is 0.303 e. The molecule has 8 atom stereocenters. The summed E-state index contributed by atoms with van der Waals surface area (Å²) in [5, 5.41) is 11.9. The van der Waals surface area contributed by atoms with E-state index in [9.17, 15) is 24.3 Å². The van der Waals surface area contributed by atoms with Gasteiger partial charge < -0.3 is 14.6 Å². The Hall–Kier alpha value is -2.28. The van der Waals surface area contributed by atoms with Crippen LogP contribution in [0.15, 0.2) is 23.8 Å². The van der Waals surface area contributed by atoms with E-state index >= 15 is 0 Å². The molecule has 4 aliphatic carbocycles. The third-order valence-electron chi connectivity index (χ3n) is 9.20. The Morgan fingerprint density at radius 3 is 2.52 bits per heavy atom. The zero-order valence-electron chi connectivity index (χ0n) is 20.1. The highest BCUT2D eigenvalue weighted by Gasteiger charge is 2.71. The van der Waals surface area contributed by atoms with Gasteiger partial charge in [0.25, 0.3) is 0 Å². The Morgan fingerprint density at radius 2 is 1.88 bits per heavy atom. The highest BCUT2D eigenvalue weighted by atomic mass is 16.5. The molecule has 4 rings (SSSR count). The molecule has 0 amide bonds. The SMILES string of the molecule is CC(=O)OCC(=O)[C@@]1(O)[C@H](C)C[C@@H]2[C@@H]3CCC4=CC(=O)C=C[C@]4(C)[C@H]3[C@@H](OC(C)=O)C[C@@]21C. The number of ether oxygens (including phenoxy) is 2. The number of hydrogen-bond acceptors (Lipinski definition) is 7.